The minimum absolute atomic E-state index is 0.0163. The van der Waals surface area contributed by atoms with E-state index >= 15 is 0 Å². The summed E-state index contributed by atoms with van der Waals surface area (Å²) in [5.41, 5.74) is 2.40. The summed E-state index contributed by atoms with van der Waals surface area (Å²) in [6.07, 6.45) is 0.626. The van der Waals surface area contributed by atoms with Crippen LogP contribution in [0.2, 0.25) is 0 Å². The van der Waals surface area contributed by atoms with Crippen molar-refractivity contribution in [3.8, 4) is 23.0 Å². The van der Waals surface area contributed by atoms with Gasteiger partial charge in [-0.15, -0.1) is 0 Å². The van der Waals surface area contributed by atoms with Crippen molar-refractivity contribution < 1.29 is 33.3 Å². The third kappa shape index (κ3) is 5.47. The second-order valence-electron chi connectivity index (χ2n) is 7.60. The number of rotatable bonds is 9. The van der Waals surface area contributed by atoms with Gasteiger partial charge in [0.15, 0.2) is 23.0 Å². The number of benzene rings is 2. The fourth-order valence-corrected chi connectivity index (χ4v) is 4.06. The maximum absolute atomic E-state index is 13.3. The smallest absolute Gasteiger partial charge is 0.322 e. The number of fused-ring (bicyclic) bond motifs is 1. The number of esters is 1. The maximum Gasteiger partial charge on any atom is 0.322 e. The number of methoxy groups -OCH3 is 3. The van der Waals surface area contributed by atoms with E-state index in [1.54, 1.807) is 30.2 Å². The normalized spacial score (nSPS) is 14.6. The molecule has 0 fully saturated rings. The van der Waals surface area contributed by atoms with Crippen LogP contribution in [0.15, 0.2) is 30.3 Å². The summed E-state index contributed by atoms with van der Waals surface area (Å²) in [6.45, 7) is 5.20. The minimum atomic E-state index is -0.522. The SMILES string of the molecule is CCOc1cc2c(cc1OCC)[C@@H](CC(=O)OC)N(C(=O)Nc1ccc(OC)c(OC)c1)CC2. The Balaban J connectivity index is 1.94. The lowest BCUT2D eigenvalue weighted by molar-refractivity contribution is -0.141. The fourth-order valence-electron chi connectivity index (χ4n) is 4.06. The van der Waals surface area contributed by atoms with E-state index in [1.807, 2.05) is 26.0 Å². The molecule has 0 aromatic heterocycles. The van der Waals surface area contributed by atoms with Gasteiger partial charge in [0.2, 0.25) is 0 Å². The standard InChI is InChI=1S/C25H32N2O7/c1-6-33-22-12-16-10-11-27(19(15-24(28)32-5)18(16)14-23(22)34-7-2)25(29)26-17-8-9-20(30-3)21(13-17)31-4/h8-9,12-14,19H,6-7,10-11,15H2,1-5H3,(H,26,29)/t19-/m1/s1. The molecule has 9 heteroatoms. The van der Waals surface area contributed by atoms with E-state index in [1.165, 1.54) is 14.2 Å². The van der Waals surface area contributed by atoms with Crippen molar-refractivity contribution in [1.29, 1.82) is 0 Å². The van der Waals surface area contributed by atoms with Crippen LogP contribution in [-0.4, -0.2) is 58.0 Å². The summed E-state index contributed by atoms with van der Waals surface area (Å²) in [4.78, 5) is 27.3. The van der Waals surface area contributed by atoms with Gasteiger partial charge in [-0.1, -0.05) is 0 Å². The maximum atomic E-state index is 13.3. The van der Waals surface area contributed by atoms with Gasteiger partial charge in [0.1, 0.15) is 0 Å². The molecule has 0 saturated carbocycles. The first-order valence-corrected chi connectivity index (χ1v) is 11.2. The molecular weight excluding hydrogens is 440 g/mol. The van der Waals surface area contributed by atoms with E-state index in [4.69, 9.17) is 23.7 Å². The Morgan fingerprint density at radius 1 is 0.941 bits per heavy atom. The van der Waals surface area contributed by atoms with Crippen molar-refractivity contribution in [3.63, 3.8) is 0 Å². The average molecular weight is 473 g/mol. The highest BCUT2D eigenvalue weighted by Gasteiger charge is 2.34. The first-order chi connectivity index (χ1) is 16.4. The van der Waals surface area contributed by atoms with E-state index in [2.05, 4.69) is 5.32 Å². The highest BCUT2D eigenvalue weighted by Crippen LogP contribution is 2.40. The summed E-state index contributed by atoms with van der Waals surface area (Å²) in [7, 11) is 4.42. The van der Waals surface area contributed by atoms with Crippen LogP contribution in [0, 0.1) is 0 Å². The van der Waals surface area contributed by atoms with Crippen LogP contribution in [0.4, 0.5) is 10.5 Å². The Bertz CT molecular complexity index is 1020. The van der Waals surface area contributed by atoms with Gasteiger partial charge in [-0.2, -0.15) is 0 Å². The third-order valence-corrected chi connectivity index (χ3v) is 5.65. The zero-order chi connectivity index (χ0) is 24.7. The third-order valence-electron chi connectivity index (χ3n) is 5.65. The molecule has 34 heavy (non-hydrogen) atoms. The number of carbonyl (C=O) groups excluding carboxylic acids is 2. The van der Waals surface area contributed by atoms with Crippen LogP contribution in [0.5, 0.6) is 23.0 Å². The summed E-state index contributed by atoms with van der Waals surface area (Å²) in [5.74, 6) is 1.89. The molecule has 0 bridgehead atoms. The van der Waals surface area contributed by atoms with Crippen molar-refractivity contribution in [2.75, 3.05) is 46.4 Å². The molecular formula is C25H32N2O7. The van der Waals surface area contributed by atoms with Crippen LogP contribution >= 0.6 is 0 Å². The quantitative estimate of drug-likeness (QED) is 0.547. The number of anilines is 1. The molecule has 0 saturated heterocycles. The number of amides is 2. The zero-order valence-electron chi connectivity index (χ0n) is 20.3. The Morgan fingerprint density at radius 3 is 2.24 bits per heavy atom. The summed E-state index contributed by atoms with van der Waals surface area (Å²) < 4.78 is 27.1. The van der Waals surface area contributed by atoms with Gasteiger partial charge in [-0.25, -0.2) is 4.79 Å². The molecule has 1 aliphatic heterocycles. The van der Waals surface area contributed by atoms with Crippen molar-refractivity contribution in [2.24, 2.45) is 0 Å². The van der Waals surface area contributed by atoms with E-state index in [0.29, 0.717) is 54.9 Å². The van der Waals surface area contributed by atoms with Crippen molar-refractivity contribution in [2.45, 2.75) is 32.7 Å². The van der Waals surface area contributed by atoms with Gasteiger partial charge >= 0.3 is 12.0 Å². The molecule has 2 aromatic carbocycles. The molecule has 1 N–H and O–H groups in total. The number of nitrogens with one attached hydrogen (secondary N) is 1. The minimum Gasteiger partial charge on any atom is -0.493 e. The van der Waals surface area contributed by atoms with Crippen LogP contribution < -0.4 is 24.3 Å². The number of urea groups is 1. The van der Waals surface area contributed by atoms with E-state index in [-0.39, 0.29) is 12.5 Å². The lowest BCUT2D eigenvalue weighted by Gasteiger charge is -2.37. The topological polar surface area (TPSA) is 95.6 Å². The van der Waals surface area contributed by atoms with Gasteiger partial charge in [0.05, 0.1) is 47.0 Å². The van der Waals surface area contributed by atoms with Crippen molar-refractivity contribution in [1.82, 2.24) is 4.90 Å². The summed E-state index contributed by atoms with van der Waals surface area (Å²) >= 11 is 0. The highest BCUT2D eigenvalue weighted by atomic mass is 16.5. The number of carbonyl (C=O) groups is 2. The zero-order valence-corrected chi connectivity index (χ0v) is 20.3. The Morgan fingerprint density at radius 2 is 1.62 bits per heavy atom. The Labute approximate surface area is 199 Å². The van der Waals surface area contributed by atoms with Gasteiger partial charge in [-0.3, -0.25) is 4.79 Å². The lowest BCUT2D eigenvalue weighted by atomic mass is 9.90. The first-order valence-electron chi connectivity index (χ1n) is 11.2. The predicted molar refractivity (Wildman–Crippen MR) is 127 cm³/mol. The van der Waals surface area contributed by atoms with E-state index < -0.39 is 12.0 Å². The van der Waals surface area contributed by atoms with Crippen molar-refractivity contribution >= 4 is 17.7 Å². The second-order valence-corrected chi connectivity index (χ2v) is 7.60. The van der Waals surface area contributed by atoms with Crippen LogP contribution in [0.25, 0.3) is 0 Å². The van der Waals surface area contributed by atoms with Crippen LogP contribution in [0.1, 0.15) is 37.4 Å². The van der Waals surface area contributed by atoms with Gasteiger partial charge < -0.3 is 33.9 Å². The average Bonchev–Trinajstić information content (AvgIpc) is 2.84. The number of ether oxygens (including phenoxy) is 5. The Hall–Kier alpha value is -3.62. The molecule has 9 nitrogen and oxygen atoms in total. The summed E-state index contributed by atoms with van der Waals surface area (Å²) in [5, 5.41) is 2.90. The van der Waals surface area contributed by atoms with E-state index in [0.717, 1.165) is 11.1 Å². The van der Waals surface area contributed by atoms with E-state index in [9.17, 15) is 9.59 Å². The highest BCUT2D eigenvalue weighted by molar-refractivity contribution is 5.90. The number of nitrogens with zero attached hydrogens (tertiary/aromatic N) is 1. The summed E-state index contributed by atoms with van der Waals surface area (Å²) in [6, 6.07) is 8.09. The largest absolute Gasteiger partial charge is 0.493 e. The molecule has 1 atom stereocenters. The molecule has 2 aromatic rings. The first kappa shape index (κ1) is 25.0. The number of hydrogen-bond donors (Lipinski definition) is 1. The molecule has 0 radical (unpaired) electrons. The molecule has 3 rings (SSSR count). The second kappa shape index (κ2) is 11.5. The Kier molecular flexibility index (Phi) is 8.45. The van der Waals surface area contributed by atoms with Crippen LogP contribution in [0.3, 0.4) is 0 Å². The van der Waals surface area contributed by atoms with Gasteiger partial charge in [0, 0.05) is 18.3 Å². The molecule has 184 valence electrons. The number of hydrogen-bond acceptors (Lipinski definition) is 7. The van der Waals surface area contributed by atoms with Gasteiger partial charge in [-0.05, 0) is 55.7 Å². The molecule has 1 aliphatic rings. The predicted octanol–water partition coefficient (Wildman–Crippen LogP) is 4.20. The molecule has 2 amide bonds. The monoisotopic (exact) mass is 472 g/mol. The van der Waals surface area contributed by atoms with Crippen LogP contribution in [-0.2, 0) is 16.0 Å². The molecule has 0 unspecified atom stereocenters. The fraction of sp³-hybridized carbons (Fsp3) is 0.440. The van der Waals surface area contributed by atoms with Crippen molar-refractivity contribution in [3.05, 3.63) is 41.5 Å². The molecule has 0 aliphatic carbocycles. The molecule has 0 spiro atoms. The van der Waals surface area contributed by atoms with Gasteiger partial charge in [0.25, 0.3) is 0 Å². The lowest BCUT2D eigenvalue weighted by Crippen LogP contribution is -2.43. The molecule has 1 heterocycles.